The van der Waals surface area contributed by atoms with Crippen LogP contribution in [0.5, 0.6) is 0 Å². The van der Waals surface area contributed by atoms with Crippen molar-refractivity contribution < 1.29 is 26.0 Å². The van der Waals surface area contributed by atoms with Crippen molar-refractivity contribution >= 4 is 15.7 Å². The number of hydrogen-bond donors (Lipinski definition) is 2. The molecule has 0 aliphatic heterocycles. The van der Waals surface area contributed by atoms with E-state index in [4.69, 9.17) is 0 Å². The SMILES string of the molecule is CCCNCC(C)S(=O)(=O)Nc1c(F)c(F)cc(F)c1F. The second kappa shape index (κ2) is 7.08. The maximum absolute atomic E-state index is 13.4. The quantitative estimate of drug-likeness (QED) is 0.459. The van der Waals surface area contributed by atoms with Crippen molar-refractivity contribution in [2.45, 2.75) is 25.5 Å². The van der Waals surface area contributed by atoms with Crippen LogP contribution in [-0.2, 0) is 10.0 Å². The number of sulfonamides is 1. The smallest absolute Gasteiger partial charge is 0.236 e. The van der Waals surface area contributed by atoms with Crippen molar-refractivity contribution in [3.05, 3.63) is 29.3 Å². The molecule has 21 heavy (non-hydrogen) atoms. The van der Waals surface area contributed by atoms with Gasteiger partial charge in [0.2, 0.25) is 10.0 Å². The van der Waals surface area contributed by atoms with Gasteiger partial charge in [0.15, 0.2) is 23.3 Å². The molecule has 0 fully saturated rings. The zero-order valence-electron chi connectivity index (χ0n) is 11.5. The number of benzene rings is 1. The number of nitrogens with one attached hydrogen (secondary N) is 2. The maximum Gasteiger partial charge on any atom is 0.236 e. The molecule has 0 amide bonds. The summed E-state index contributed by atoms with van der Waals surface area (Å²) in [4.78, 5) is 0. The van der Waals surface area contributed by atoms with E-state index >= 15 is 0 Å². The molecule has 2 N–H and O–H groups in total. The van der Waals surface area contributed by atoms with Crippen molar-refractivity contribution in [3.8, 4) is 0 Å². The molecule has 0 heterocycles. The lowest BCUT2D eigenvalue weighted by Crippen LogP contribution is -2.35. The second-order valence-electron chi connectivity index (χ2n) is 4.50. The number of hydrogen-bond acceptors (Lipinski definition) is 3. The van der Waals surface area contributed by atoms with Gasteiger partial charge in [0.05, 0.1) is 5.25 Å². The lowest BCUT2D eigenvalue weighted by molar-refractivity contribution is 0.459. The summed E-state index contributed by atoms with van der Waals surface area (Å²) in [7, 11) is -4.20. The lowest BCUT2D eigenvalue weighted by atomic mass is 10.3. The number of rotatable bonds is 7. The molecule has 4 nitrogen and oxygen atoms in total. The summed E-state index contributed by atoms with van der Waals surface area (Å²) in [5, 5.41) is 1.78. The van der Waals surface area contributed by atoms with Gasteiger partial charge in [-0.15, -0.1) is 0 Å². The van der Waals surface area contributed by atoms with Gasteiger partial charge in [-0.2, -0.15) is 0 Å². The molecule has 120 valence electrons. The minimum atomic E-state index is -4.20. The van der Waals surface area contributed by atoms with E-state index in [-0.39, 0.29) is 12.6 Å². The predicted octanol–water partition coefficient (Wildman–Crippen LogP) is 2.37. The third-order valence-corrected chi connectivity index (χ3v) is 4.46. The van der Waals surface area contributed by atoms with E-state index in [1.54, 1.807) is 4.72 Å². The van der Waals surface area contributed by atoms with Crippen LogP contribution in [0.4, 0.5) is 23.2 Å². The fourth-order valence-electron chi connectivity index (χ4n) is 1.50. The Morgan fingerprint density at radius 1 is 1.14 bits per heavy atom. The molecule has 0 aliphatic rings. The molecule has 1 unspecified atom stereocenters. The Morgan fingerprint density at radius 2 is 1.67 bits per heavy atom. The Balaban J connectivity index is 2.99. The Bertz CT molecular complexity index is 582. The van der Waals surface area contributed by atoms with E-state index in [2.05, 4.69) is 5.32 Å². The van der Waals surface area contributed by atoms with Gasteiger partial charge < -0.3 is 5.32 Å². The van der Waals surface area contributed by atoms with Crippen LogP contribution in [0.25, 0.3) is 0 Å². The summed E-state index contributed by atoms with van der Waals surface area (Å²) < 4.78 is 78.2. The van der Waals surface area contributed by atoms with Gasteiger partial charge in [0.1, 0.15) is 5.69 Å². The van der Waals surface area contributed by atoms with Crippen LogP contribution in [-0.4, -0.2) is 26.8 Å². The minimum absolute atomic E-state index is 0.00863. The predicted molar refractivity (Wildman–Crippen MR) is 71.4 cm³/mol. The molecule has 0 bridgehead atoms. The lowest BCUT2D eigenvalue weighted by Gasteiger charge is -2.16. The molecule has 1 aromatic carbocycles. The normalized spacial score (nSPS) is 13.2. The third kappa shape index (κ3) is 4.31. The van der Waals surface area contributed by atoms with Gasteiger partial charge in [0, 0.05) is 12.6 Å². The standard InChI is InChI=1S/C12H16F4N2O2S/c1-3-4-17-6-7(2)21(19,20)18-12-10(15)8(13)5-9(14)11(12)16/h5,7,17-18H,3-4,6H2,1-2H3. The zero-order valence-corrected chi connectivity index (χ0v) is 12.3. The number of halogens is 4. The van der Waals surface area contributed by atoms with Crippen LogP contribution >= 0.6 is 0 Å². The largest absolute Gasteiger partial charge is 0.315 e. The van der Waals surface area contributed by atoms with E-state index in [9.17, 15) is 26.0 Å². The average molecular weight is 328 g/mol. The molecule has 0 radical (unpaired) electrons. The minimum Gasteiger partial charge on any atom is -0.315 e. The van der Waals surface area contributed by atoms with Crippen molar-refractivity contribution in [3.63, 3.8) is 0 Å². The van der Waals surface area contributed by atoms with E-state index in [1.165, 1.54) is 6.92 Å². The fourth-order valence-corrected chi connectivity index (χ4v) is 2.50. The van der Waals surface area contributed by atoms with E-state index in [1.807, 2.05) is 6.92 Å². The van der Waals surface area contributed by atoms with Crippen molar-refractivity contribution in [1.82, 2.24) is 5.32 Å². The van der Waals surface area contributed by atoms with Gasteiger partial charge in [-0.3, -0.25) is 4.72 Å². The third-order valence-electron chi connectivity index (χ3n) is 2.74. The van der Waals surface area contributed by atoms with Crippen LogP contribution in [0, 0.1) is 23.3 Å². The van der Waals surface area contributed by atoms with Crippen LogP contribution in [0.2, 0.25) is 0 Å². The number of anilines is 1. The van der Waals surface area contributed by atoms with Crippen molar-refractivity contribution in [2.75, 3.05) is 17.8 Å². The molecule has 0 aromatic heterocycles. The highest BCUT2D eigenvalue weighted by Gasteiger charge is 2.26. The van der Waals surface area contributed by atoms with Gasteiger partial charge in [-0.05, 0) is 19.9 Å². The molecule has 0 aliphatic carbocycles. The summed E-state index contributed by atoms with van der Waals surface area (Å²) >= 11 is 0. The van der Waals surface area contributed by atoms with Crippen LogP contribution in [0.1, 0.15) is 20.3 Å². The summed E-state index contributed by atoms with van der Waals surface area (Å²) in [5.41, 5.74) is -1.35. The Labute approximate surface area is 120 Å². The molecule has 1 rings (SSSR count). The fraction of sp³-hybridized carbons (Fsp3) is 0.500. The molecule has 0 spiro atoms. The highest BCUT2D eigenvalue weighted by Crippen LogP contribution is 2.25. The molecule has 1 aromatic rings. The molecule has 0 saturated carbocycles. The average Bonchev–Trinajstić information content (AvgIpc) is 2.41. The van der Waals surface area contributed by atoms with Gasteiger partial charge in [-0.1, -0.05) is 6.92 Å². The highest BCUT2D eigenvalue weighted by atomic mass is 32.2. The first kappa shape index (κ1) is 17.7. The summed E-state index contributed by atoms with van der Waals surface area (Å²) in [6.07, 6.45) is 0.776. The van der Waals surface area contributed by atoms with Gasteiger partial charge in [0.25, 0.3) is 0 Å². The van der Waals surface area contributed by atoms with E-state index in [0.717, 1.165) is 6.42 Å². The first-order valence-corrected chi connectivity index (χ1v) is 7.80. The maximum atomic E-state index is 13.4. The molecule has 9 heteroatoms. The summed E-state index contributed by atoms with van der Waals surface area (Å²) in [5.74, 6) is -6.93. The topological polar surface area (TPSA) is 58.2 Å². The summed E-state index contributed by atoms with van der Waals surface area (Å²) in [6, 6.07) is 0.00863. The molecular formula is C12H16F4N2O2S. The van der Waals surface area contributed by atoms with Gasteiger partial charge >= 0.3 is 0 Å². The molecule has 1 atom stereocenters. The highest BCUT2D eigenvalue weighted by molar-refractivity contribution is 7.93. The summed E-state index contributed by atoms with van der Waals surface area (Å²) in [6.45, 7) is 3.78. The zero-order chi connectivity index (χ0) is 16.2. The van der Waals surface area contributed by atoms with Crippen LogP contribution in [0.3, 0.4) is 0 Å². The monoisotopic (exact) mass is 328 g/mol. The Kier molecular flexibility index (Phi) is 5.97. The van der Waals surface area contributed by atoms with Gasteiger partial charge in [-0.25, -0.2) is 26.0 Å². The molecular weight excluding hydrogens is 312 g/mol. The van der Waals surface area contributed by atoms with Crippen molar-refractivity contribution in [2.24, 2.45) is 0 Å². The van der Waals surface area contributed by atoms with E-state index < -0.39 is 44.2 Å². The first-order chi connectivity index (χ1) is 9.70. The van der Waals surface area contributed by atoms with E-state index in [0.29, 0.717) is 6.54 Å². The van der Waals surface area contributed by atoms with Crippen molar-refractivity contribution in [1.29, 1.82) is 0 Å². The first-order valence-electron chi connectivity index (χ1n) is 6.26. The van der Waals surface area contributed by atoms with Crippen LogP contribution < -0.4 is 10.0 Å². The molecule has 0 saturated heterocycles. The Morgan fingerprint density at radius 3 is 2.14 bits per heavy atom. The second-order valence-corrected chi connectivity index (χ2v) is 6.60. The van der Waals surface area contributed by atoms with Crippen LogP contribution in [0.15, 0.2) is 6.07 Å². The Hall–Kier alpha value is -1.35.